The summed E-state index contributed by atoms with van der Waals surface area (Å²) in [4.78, 5) is 34.1. The number of nitrogens with two attached hydrogens (primary N) is 1. The highest BCUT2D eigenvalue weighted by Gasteiger charge is 2.17. The number of carbonyl (C=O) groups is 2. The molecule has 0 bridgehead atoms. The van der Waals surface area contributed by atoms with Gasteiger partial charge in [0.25, 0.3) is 11.6 Å². The molecule has 2 rings (SSSR count). The molecule has 3 N–H and O–H groups in total. The fourth-order valence-electron chi connectivity index (χ4n) is 1.99. The Morgan fingerprint density at radius 1 is 1.21 bits per heavy atom. The lowest BCUT2D eigenvalue weighted by molar-refractivity contribution is -0.383. The number of para-hydroxylation sites is 3. The van der Waals surface area contributed by atoms with Gasteiger partial charge in [-0.2, -0.15) is 0 Å². The van der Waals surface area contributed by atoms with Gasteiger partial charge >= 0.3 is 5.97 Å². The maximum atomic E-state index is 12.0. The van der Waals surface area contributed by atoms with Crippen LogP contribution in [0.4, 0.5) is 17.1 Å². The first-order chi connectivity index (χ1) is 11.4. The molecule has 2 aromatic carbocycles. The zero-order valence-electron chi connectivity index (χ0n) is 12.8. The minimum atomic E-state index is -0.742. The standard InChI is InChI=1S/C16H15N3O5/c1-10-5-4-6-11(15(10)17)16(21)24-9-14(20)18-12-7-2-3-8-13(12)19(22)23/h2-8H,9,17H2,1H3,(H,18,20). The minimum Gasteiger partial charge on any atom is -0.452 e. The third-order valence-electron chi connectivity index (χ3n) is 3.25. The molecule has 0 fully saturated rings. The van der Waals surface area contributed by atoms with Crippen molar-refractivity contribution in [3.8, 4) is 0 Å². The number of carbonyl (C=O) groups excluding carboxylic acids is 2. The predicted molar refractivity (Wildman–Crippen MR) is 87.6 cm³/mol. The predicted octanol–water partition coefficient (Wildman–Crippen LogP) is 2.28. The number of nitrogen functional groups attached to an aromatic ring is 1. The van der Waals surface area contributed by atoms with Crippen LogP contribution in [0.15, 0.2) is 42.5 Å². The van der Waals surface area contributed by atoms with Crippen molar-refractivity contribution in [2.75, 3.05) is 17.7 Å². The first kappa shape index (κ1) is 16.9. The fraction of sp³-hybridized carbons (Fsp3) is 0.125. The molecule has 0 atom stereocenters. The summed E-state index contributed by atoms with van der Waals surface area (Å²) in [5.41, 5.74) is 6.72. The van der Waals surface area contributed by atoms with E-state index in [1.165, 1.54) is 24.3 Å². The number of ether oxygens (including phenoxy) is 1. The smallest absolute Gasteiger partial charge is 0.340 e. The highest BCUT2D eigenvalue weighted by molar-refractivity contribution is 5.99. The van der Waals surface area contributed by atoms with Crippen LogP contribution in [0.3, 0.4) is 0 Å². The van der Waals surface area contributed by atoms with Crippen LogP contribution in [0.25, 0.3) is 0 Å². The van der Waals surface area contributed by atoms with Crippen molar-refractivity contribution in [3.05, 3.63) is 63.7 Å². The first-order valence-electron chi connectivity index (χ1n) is 6.95. The van der Waals surface area contributed by atoms with Crippen molar-refractivity contribution >= 4 is 28.9 Å². The second-order valence-corrected chi connectivity index (χ2v) is 4.93. The number of anilines is 2. The molecule has 2 aromatic rings. The van der Waals surface area contributed by atoms with E-state index in [1.807, 2.05) is 0 Å². The number of nitrogens with one attached hydrogen (secondary N) is 1. The Balaban J connectivity index is 2.00. The SMILES string of the molecule is Cc1cccc(C(=O)OCC(=O)Nc2ccccc2[N+](=O)[O-])c1N. The van der Waals surface area contributed by atoms with E-state index < -0.39 is 23.4 Å². The lowest BCUT2D eigenvalue weighted by Gasteiger charge is -2.09. The van der Waals surface area contributed by atoms with Crippen LogP contribution >= 0.6 is 0 Å². The Hall–Kier alpha value is -3.42. The molecule has 0 aliphatic carbocycles. The monoisotopic (exact) mass is 329 g/mol. The average Bonchev–Trinajstić information content (AvgIpc) is 2.55. The number of hydrogen-bond donors (Lipinski definition) is 2. The Morgan fingerprint density at radius 3 is 2.62 bits per heavy atom. The molecule has 0 aliphatic rings. The molecule has 8 heteroatoms. The van der Waals surface area contributed by atoms with E-state index in [1.54, 1.807) is 25.1 Å². The number of esters is 1. The molecule has 24 heavy (non-hydrogen) atoms. The third kappa shape index (κ3) is 3.86. The normalized spacial score (nSPS) is 10.0. The summed E-state index contributed by atoms with van der Waals surface area (Å²) in [5, 5.41) is 13.2. The van der Waals surface area contributed by atoms with Gasteiger partial charge < -0.3 is 15.8 Å². The third-order valence-corrected chi connectivity index (χ3v) is 3.25. The summed E-state index contributed by atoms with van der Waals surface area (Å²) in [6.07, 6.45) is 0. The lowest BCUT2D eigenvalue weighted by Crippen LogP contribution is -2.22. The van der Waals surface area contributed by atoms with E-state index in [-0.39, 0.29) is 22.6 Å². The summed E-state index contributed by atoms with van der Waals surface area (Å²) >= 11 is 0. The van der Waals surface area contributed by atoms with Crippen molar-refractivity contribution in [2.24, 2.45) is 0 Å². The summed E-state index contributed by atoms with van der Waals surface area (Å²) in [6, 6.07) is 10.6. The number of amides is 1. The topological polar surface area (TPSA) is 125 Å². The molecule has 0 saturated heterocycles. The molecule has 0 aromatic heterocycles. The first-order valence-corrected chi connectivity index (χ1v) is 6.95. The second-order valence-electron chi connectivity index (χ2n) is 4.93. The molecule has 0 spiro atoms. The van der Waals surface area contributed by atoms with Crippen molar-refractivity contribution in [1.29, 1.82) is 0 Å². The van der Waals surface area contributed by atoms with Crippen molar-refractivity contribution < 1.29 is 19.2 Å². The quantitative estimate of drug-likeness (QED) is 0.375. The number of nitrogens with zero attached hydrogens (tertiary/aromatic N) is 1. The Bertz CT molecular complexity index is 804. The molecule has 0 heterocycles. The lowest BCUT2D eigenvalue weighted by atomic mass is 10.1. The van der Waals surface area contributed by atoms with E-state index in [0.717, 1.165) is 0 Å². The molecule has 1 amide bonds. The van der Waals surface area contributed by atoms with Gasteiger partial charge in [-0.05, 0) is 24.6 Å². The van der Waals surface area contributed by atoms with Crippen molar-refractivity contribution in [1.82, 2.24) is 0 Å². The number of nitro groups is 1. The Labute approximate surface area is 137 Å². The van der Waals surface area contributed by atoms with Gasteiger partial charge in [-0.3, -0.25) is 14.9 Å². The number of aryl methyl sites for hydroxylation is 1. The molecular weight excluding hydrogens is 314 g/mol. The Morgan fingerprint density at radius 2 is 1.92 bits per heavy atom. The highest BCUT2D eigenvalue weighted by atomic mass is 16.6. The largest absolute Gasteiger partial charge is 0.452 e. The second kappa shape index (κ2) is 7.23. The molecular formula is C16H15N3O5. The Kier molecular flexibility index (Phi) is 5.10. The molecule has 0 saturated carbocycles. The van der Waals surface area contributed by atoms with Gasteiger partial charge in [0.15, 0.2) is 6.61 Å². The van der Waals surface area contributed by atoms with Crippen LogP contribution < -0.4 is 11.1 Å². The van der Waals surface area contributed by atoms with E-state index in [2.05, 4.69) is 5.32 Å². The molecule has 124 valence electrons. The van der Waals surface area contributed by atoms with E-state index in [0.29, 0.717) is 5.56 Å². The van der Waals surface area contributed by atoms with Gasteiger partial charge in [-0.25, -0.2) is 4.79 Å². The van der Waals surface area contributed by atoms with Gasteiger partial charge in [0.2, 0.25) is 0 Å². The van der Waals surface area contributed by atoms with E-state index in [9.17, 15) is 19.7 Å². The van der Waals surface area contributed by atoms with Crippen molar-refractivity contribution in [2.45, 2.75) is 6.92 Å². The number of hydrogen-bond acceptors (Lipinski definition) is 6. The molecule has 0 unspecified atom stereocenters. The van der Waals surface area contributed by atoms with Gasteiger partial charge in [-0.1, -0.05) is 24.3 Å². The van der Waals surface area contributed by atoms with Crippen LogP contribution in [-0.2, 0) is 9.53 Å². The maximum absolute atomic E-state index is 12.0. The van der Waals surface area contributed by atoms with E-state index in [4.69, 9.17) is 10.5 Å². The minimum absolute atomic E-state index is 0.0265. The summed E-state index contributed by atoms with van der Waals surface area (Å²) < 4.78 is 4.90. The number of nitro benzene ring substituents is 1. The van der Waals surface area contributed by atoms with Crippen molar-refractivity contribution in [3.63, 3.8) is 0 Å². The molecule has 0 aliphatic heterocycles. The van der Waals surface area contributed by atoms with Crippen LogP contribution in [0.2, 0.25) is 0 Å². The van der Waals surface area contributed by atoms with Crippen LogP contribution in [0.5, 0.6) is 0 Å². The zero-order chi connectivity index (χ0) is 17.7. The van der Waals surface area contributed by atoms with Gasteiger partial charge in [0, 0.05) is 11.8 Å². The summed E-state index contributed by atoms with van der Waals surface area (Å²) in [7, 11) is 0. The van der Waals surface area contributed by atoms with E-state index >= 15 is 0 Å². The summed E-state index contributed by atoms with van der Waals surface area (Å²) in [6.45, 7) is 1.16. The average molecular weight is 329 g/mol. The van der Waals surface area contributed by atoms with Crippen LogP contribution in [-0.4, -0.2) is 23.4 Å². The van der Waals surface area contributed by atoms with Gasteiger partial charge in [0.05, 0.1) is 10.5 Å². The molecule has 8 nitrogen and oxygen atoms in total. The summed E-state index contributed by atoms with van der Waals surface area (Å²) in [5.74, 6) is -1.43. The van der Waals surface area contributed by atoms with Gasteiger partial charge in [0.1, 0.15) is 5.69 Å². The molecule has 0 radical (unpaired) electrons. The van der Waals surface area contributed by atoms with Crippen LogP contribution in [0.1, 0.15) is 15.9 Å². The number of rotatable bonds is 5. The highest BCUT2D eigenvalue weighted by Crippen LogP contribution is 2.23. The fourth-order valence-corrected chi connectivity index (χ4v) is 1.99. The van der Waals surface area contributed by atoms with Gasteiger partial charge in [-0.15, -0.1) is 0 Å². The van der Waals surface area contributed by atoms with Crippen LogP contribution in [0, 0.1) is 17.0 Å². The number of benzene rings is 2. The maximum Gasteiger partial charge on any atom is 0.340 e. The zero-order valence-corrected chi connectivity index (χ0v) is 12.8.